The molecule has 0 spiro atoms. The van der Waals surface area contributed by atoms with Crippen LogP contribution < -0.4 is 0 Å². The lowest BCUT2D eigenvalue weighted by atomic mass is 9.68. The van der Waals surface area contributed by atoms with E-state index in [2.05, 4.69) is 33.9 Å². The van der Waals surface area contributed by atoms with Crippen molar-refractivity contribution in [1.29, 1.82) is 0 Å². The van der Waals surface area contributed by atoms with Crippen molar-refractivity contribution in [3.63, 3.8) is 0 Å². The van der Waals surface area contributed by atoms with Gasteiger partial charge in [0.05, 0.1) is 25.7 Å². The summed E-state index contributed by atoms with van der Waals surface area (Å²) in [6.45, 7) is 10.9. The Morgan fingerprint density at radius 2 is 1.62 bits per heavy atom. The van der Waals surface area contributed by atoms with Crippen molar-refractivity contribution in [2.45, 2.75) is 82.7 Å². The molecule has 1 saturated carbocycles. The van der Waals surface area contributed by atoms with Crippen LogP contribution in [0.5, 0.6) is 0 Å². The monoisotopic (exact) mass is 506 g/mol. The maximum absolute atomic E-state index is 11.9. The maximum atomic E-state index is 11.9. The Balaban J connectivity index is 2.45. The highest BCUT2D eigenvalue weighted by Gasteiger charge is 2.45. The minimum Gasteiger partial charge on any atom is -0.414 e. The van der Waals surface area contributed by atoms with E-state index in [4.69, 9.17) is 12.8 Å². The van der Waals surface area contributed by atoms with Gasteiger partial charge in [0.25, 0.3) is 20.2 Å². The van der Waals surface area contributed by atoms with Gasteiger partial charge in [0.15, 0.2) is 8.32 Å². The normalized spacial score (nSPS) is 23.3. The molecule has 1 aromatic rings. The first-order valence-electron chi connectivity index (χ1n) is 10.9. The summed E-state index contributed by atoms with van der Waals surface area (Å²) in [5, 5.41) is 0.0532. The molecule has 2 rings (SSSR count). The Morgan fingerprint density at radius 1 is 1.03 bits per heavy atom. The molecule has 1 aliphatic carbocycles. The van der Waals surface area contributed by atoms with Gasteiger partial charge in [-0.1, -0.05) is 45.0 Å². The summed E-state index contributed by atoms with van der Waals surface area (Å²) in [5.74, 6) is 0. The fourth-order valence-electron chi connectivity index (χ4n) is 4.01. The topological polar surface area (TPSA) is 96.0 Å². The molecule has 0 aromatic heterocycles. The zero-order valence-electron chi connectivity index (χ0n) is 20.3. The Bertz CT molecular complexity index is 997. The fraction of sp³-hybridized carbons (Fsp3) is 0.727. The number of hydrogen-bond acceptors (Lipinski definition) is 7. The highest BCUT2D eigenvalue weighted by molar-refractivity contribution is 7.86. The van der Waals surface area contributed by atoms with E-state index < -0.39 is 34.0 Å². The molecule has 0 heterocycles. The van der Waals surface area contributed by atoms with Crippen molar-refractivity contribution < 1.29 is 29.6 Å². The second kappa shape index (κ2) is 9.83. The smallest absolute Gasteiger partial charge is 0.264 e. The van der Waals surface area contributed by atoms with Crippen LogP contribution in [0.25, 0.3) is 0 Å². The van der Waals surface area contributed by atoms with Gasteiger partial charge in [0, 0.05) is 11.5 Å². The van der Waals surface area contributed by atoms with Crippen molar-refractivity contribution in [2.24, 2.45) is 0 Å². The van der Waals surface area contributed by atoms with E-state index in [9.17, 15) is 16.8 Å². The molecule has 2 unspecified atom stereocenters. The van der Waals surface area contributed by atoms with Crippen LogP contribution in [0.15, 0.2) is 24.3 Å². The number of rotatable bonds is 9. The van der Waals surface area contributed by atoms with Gasteiger partial charge in [-0.3, -0.25) is 8.37 Å². The van der Waals surface area contributed by atoms with Crippen molar-refractivity contribution >= 4 is 28.6 Å². The molecule has 0 bridgehead atoms. The molecule has 2 atom stereocenters. The van der Waals surface area contributed by atoms with Crippen molar-refractivity contribution in [2.75, 3.05) is 19.1 Å². The third-order valence-corrected chi connectivity index (χ3v) is 12.3. The first-order valence-corrected chi connectivity index (χ1v) is 17.4. The number of benzene rings is 1. The highest BCUT2D eigenvalue weighted by Crippen LogP contribution is 2.45. The molecule has 7 nitrogen and oxygen atoms in total. The van der Waals surface area contributed by atoms with Gasteiger partial charge < -0.3 is 4.43 Å². The van der Waals surface area contributed by atoms with Crippen LogP contribution in [0.4, 0.5) is 0 Å². The van der Waals surface area contributed by atoms with Crippen molar-refractivity contribution in [3.05, 3.63) is 35.4 Å². The molecule has 0 radical (unpaired) electrons. The average Bonchev–Trinajstić information content (AvgIpc) is 2.63. The molecule has 0 aliphatic heterocycles. The molecule has 0 amide bonds. The maximum Gasteiger partial charge on any atom is 0.264 e. The van der Waals surface area contributed by atoms with E-state index in [0.29, 0.717) is 12.0 Å². The van der Waals surface area contributed by atoms with E-state index in [1.165, 1.54) is 0 Å². The van der Waals surface area contributed by atoms with Crippen LogP contribution in [0.2, 0.25) is 18.1 Å². The molecule has 32 heavy (non-hydrogen) atoms. The van der Waals surface area contributed by atoms with Crippen LogP contribution in [-0.4, -0.2) is 50.4 Å². The summed E-state index contributed by atoms with van der Waals surface area (Å²) >= 11 is 0. The minimum absolute atomic E-state index is 0.0148. The molecule has 1 fully saturated rings. The van der Waals surface area contributed by atoms with Crippen LogP contribution in [0, 0.1) is 0 Å². The SMILES string of the molecule is CC(C)(C)[Si](C)(C)OC1CCCC(COS(C)(=O)=O)(c2ccccc2COS(C)(=O)=O)C1. The molecule has 1 aliphatic rings. The molecule has 184 valence electrons. The Kier molecular flexibility index (Phi) is 8.44. The Morgan fingerprint density at radius 3 is 2.19 bits per heavy atom. The van der Waals surface area contributed by atoms with E-state index in [1.54, 1.807) is 0 Å². The van der Waals surface area contributed by atoms with Gasteiger partial charge in [-0.25, -0.2) is 0 Å². The van der Waals surface area contributed by atoms with Crippen LogP contribution in [-0.2, 0) is 45.1 Å². The summed E-state index contributed by atoms with van der Waals surface area (Å²) in [7, 11) is -9.31. The van der Waals surface area contributed by atoms with Crippen molar-refractivity contribution in [3.8, 4) is 0 Å². The van der Waals surface area contributed by atoms with E-state index >= 15 is 0 Å². The van der Waals surface area contributed by atoms with Crippen LogP contribution >= 0.6 is 0 Å². The molecule has 0 N–H and O–H groups in total. The Labute approximate surface area is 195 Å². The summed E-state index contributed by atoms with van der Waals surface area (Å²) in [6, 6.07) is 7.43. The summed E-state index contributed by atoms with van der Waals surface area (Å²) in [6.07, 6.45) is 5.11. The summed E-state index contributed by atoms with van der Waals surface area (Å²) in [5.41, 5.74) is 0.949. The number of hydrogen-bond donors (Lipinski definition) is 0. The third-order valence-electron chi connectivity index (χ3n) is 6.63. The van der Waals surface area contributed by atoms with Crippen LogP contribution in [0.1, 0.15) is 57.6 Å². The lowest BCUT2D eigenvalue weighted by Crippen LogP contribution is -2.48. The van der Waals surface area contributed by atoms with Gasteiger partial charge in [-0.15, -0.1) is 0 Å². The van der Waals surface area contributed by atoms with Gasteiger partial charge >= 0.3 is 0 Å². The third kappa shape index (κ3) is 7.63. The molecule has 10 heteroatoms. The Hall–Kier alpha value is -0.783. The average molecular weight is 507 g/mol. The molecule has 0 saturated heterocycles. The predicted octanol–water partition coefficient (Wildman–Crippen LogP) is 4.34. The first kappa shape index (κ1) is 27.5. The van der Waals surface area contributed by atoms with Crippen LogP contribution in [0.3, 0.4) is 0 Å². The minimum atomic E-state index is -3.65. The lowest BCUT2D eigenvalue weighted by Gasteiger charge is -2.46. The first-order chi connectivity index (χ1) is 14.4. The van der Waals surface area contributed by atoms with E-state index in [1.807, 2.05) is 24.3 Å². The molecular weight excluding hydrogens is 468 g/mol. The lowest BCUT2D eigenvalue weighted by molar-refractivity contribution is 0.0673. The fourth-order valence-corrected chi connectivity index (χ4v) is 6.18. The van der Waals surface area contributed by atoms with Gasteiger partial charge in [0.1, 0.15) is 0 Å². The molecular formula is C22H38O7S2Si. The quantitative estimate of drug-likeness (QED) is 0.363. The van der Waals surface area contributed by atoms with E-state index in [0.717, 1.165) is 37.3 Å². The zero-order valence-corrected chi connectivity index (χ0v) is 22.9. The predicted molar refractivity (Wildman–Crippen MR) is 129 cm³/mol. The second-order valence-electron chi connectivity index (χ2n) is 10.5. The summed E-state index contributed by atoms with van der Waals surface area (Å²) < 4.78 is 64.1. The highest BCUT2D eigenvalue weighted by atomic mass is 32.2. The van der Waals surface area contributed by atoms with Gasteiger partial charge in [0.2, 0.25) is 0 Å². The van der Waals surface area contributed by atoms with Crippen molar-refractivity contribution in [1.82, 2.24) is 0 Å². The van der Waals surface area contributed by atoms with Gasteiger partial charge in [-0.05, 0) is 54.9 Å². The molecule has 1 aromatic carbocycles. The second-order valence-corrected chi connectivity index (χ2v) is 18.5. The van der Waals surface area contributed by atoms with Gasteiger partial charge in [-0.2, -0.15) is 16.8 Å². The van der Waals surface area contributed by atoms with E-state index in [-0.39, 0.29) is 24.4 Å². The summed E-state index contributed by atoms with van der Waals surface area (Å²) in [4.78, 5) is 0. The largest absolute Gasteiger partial charge is 0.414 e. The zero-order chi connectivity index (χ0) is 24.4. The standard InChI is InChI=1S/C22H38O7S2Si/c1-21(2,3)32(6,7)29-19-12-10-14-22(15-19,17-28-31(5,25)26)20-13-9-8-11-18(20)16-27-30(4,23)24/h8-9,11,13,19H,10,12,14-17H2,1-7H3.